The zero-order chi connectivity index (χ0) is 18.4. The molecule has 0 aliphatic carbocycles. The van der Waals surface area contributed by atoms with E-state index in [2.05, 4.69) is 5.32 Å². The number of rotatable bonds is 7. The molecule has 0 radical (unpaired) electrons. The SMILES string of the molecule is O=C(O)C[C@@H](Cc1cc(F)c(F)cc1F)NC(=O)Cc1ccccc1. The molecule has 0 unspecified atom stereocenters. The molecule has 0 aromatic heterocycles. The number of benzene rings is 2. The van der Waals surface area contributed by atoms with E-state index in [9.17, 15) is 22.8 Å². The lowest BCUT2D eigenvalue weighted by atomic mass is 10.0. The van der Waals surface area contributed by atoms with Crippen molar-refractivity contribution in [3.63, 3.8) is 0 Å². The number of nitrogens with one attached hydrogen (secondary N) is 1. The zero-order valence-electron chi connectivity index (χ0n) is 13.1. The molecule has 0 spiro atoms. The Hall–Kier alpha value is -2.83. The Morgan fingerprint density at radius 2 is 1.64 bits per heavy atom. The molecule has 7 heteroatoms. The third-order valence-electron chi connectivity index (χ3n) is 3.55. The number of hydrogen-bond acceptors (Lipinski definition) is 2. The Bertz CT molecular complexity index is 766. The van der Waals surface area contributed by atoms with Gasteiger partial charge in [-0.05, 0) is 23.6 Å². The van der Waals surface area contributed by atoms with Crippen LogP contribution >= 0.6 is 0 Å². The molecule has 2 aromatic rings. The first-order valence-electron chi connectivity index (χ1n) is 7.53. The lowest BCUT2D eigenvalue weighted by Gasteiger charge is -2.18. The molecule has 25 heavy (non-hydrogen) atoms. The van der Waals surface area contributed by atoms with Gasteiger partial charge >= 0.3 is 5.97 Å². The van der Waals surface area contributed by atoms with E-state index < -0.39 is 41.8 Å². The summed E-state index contributed by atoms with van der Waals surface area (Å²) in [7, 11) is 0. The van der Waals surface area contributed by atoms with Crippen molar-refractivity contribution in [3.05, 3.63) is 71.0 Å². The molecule has 1 atom stereocenters. The summed E-state index contributed by atoms with van der Waals surface area (Å²) >= 11 is 0. The fourth-order valence-electron chi connectivity index (χ4n) is 2.43. The highest BCUT2D eigenvalue weighted by Gasteiger charge is 2.20. The number of amides is 1. The maximum atomic E-state index is 13.7. The third kappa shape index (κ3) is 5.63. The van der Waals surface area contributed by atoms with E-state index in [1.165, 1.54) is 0 Å². The minimum Gasteiger partial charge on any atom is -0.481 e. The second kappa shape index (κ2) is 8.32. The Kier molecular flexibility index (Phi) is 6.16. The van der Waals surface area contributed by atoms with E-state index in [0.717, 1.165) is 5.56 Å². The highest BCUT2D eigenvalue weighted by atomic mass is 19.2. The molecule has 0 aliphatic rings. The fourth-order valence-corrected chi connectivity index (χ4v) is 2.43. The standard InChI is InChI=1S/C18H16F3NO3/c19-14-10-16(21)15(20)8-12(14)7-13(9-18(24)25)22-17(23)6-11-4-2-1-3-5-11/h1-5,8,10,13H,6-7,9H2,(H,22,23)(H,24,25)/t13-/m1/s1. The number of halogens is 3. The quantitative estimate of drug-likeness (QED) is 0.754. The highest BCUT2D eigenvalue weighted by Crippen LogP contribution is 2.16. The van der Waals surface area contributed by atoms with E-state index in [1.807, 2.05) is 0 Å². The second-order valence-electron chi connectivity index (χ2n) is 5.59. The average molecular weight is 351 g/mol. The van der Waals surface area contributed by atoms with Crippen LogP contribution in [0.2, 0.25) is 0 Å². The van der Waals surface area contributed by atoms with Gasteiger partial charge in [0.15, 0.2) is 11.6 Å². The molecular formula is C18H16F3NO3. The van der Waals surface area contributed by atoms with Gasteiger partial charge in [-0.2, -0.15) is 0 Å². The Morgan fingerprint density at radius 1 is 1.00 bits per heavy atom. The van der Waals surface area contributed by atoms with E-state index in [0.29, 0.717) is 12.1 Å². The zero-order valence-corrected chi connectivity index (χ0v) is 13.1. The largest absolute Gasteiger partial charge is 0.481 e. The van der Waals surface area contributed by atoms with Gasteiger partial charge in [0.1, 0.15) is 5.82 Å². The van der Waals surface area contributed by atoms with Gasteiger partial charge < -0.3 is 10.4 Å². The van der Waals surface area contributed by atoms with Gasteiger partial charge in [0.2, 0.25) is 5.91 Å². The Labute approximate surface area is 142 Å². The molecule has 2 N–H and O–H groups in total. The molecule has 0 fully saturated rings. The smallest absolute Gasteiger partial charge is 0.305 e. The molecule has 2 rings (SSSR count). The van der Waals surface area contributed by atoms with Crippen molar-refractivity contribution in [2.24, 2.45) is 0 Å². The molecular weight excluding hydrogens is 335 g/mol. The van der Waals surface area contributed by atoms with Gasteiger partial charge in [-0.3, -0.25) is 9.59 Å². The highest BCUT2D eigenvalue weighted by molar-refractivity contribution is 5.79. The summed E-state index contributed by atoms with van der Waals surface area (Å²) in [6, 6.07) is 8.90. The van der Waals surface area contributed by atoms with Crippen LogP contribution in [0.3, 0.4) is 0 Å². The maximum absolute atomic E-state index is 13.7. The number of carboxylic acid groups (broad SMARTS) is 1. The predicted octanol–water partition coefficient (Wildman–Crippen LogP) is 2.85. The van der Waals surface area contributed by atoms with Crippen molar-refractivity contribution in [1.29, 1.82) is 0 Å². The van der Waals surface area contributed by atoms with Gasteiger partial charge in [-0.25, -0.2) is 13.2 Å². The van der Waals surface area contributed by atoms with Crippen LogP contribution in [0.1, 0.15) is 17.5 Å². The van der Waals surface area contributed by atoms with Gasteiger partial charge in [-0.15, -0.1) is 0 Å². The van der Waals surface area contributed by atoms with Crippen LogP contribution in [-0.2, 0) is 22.4 Å². The number of aliphatic carboxylic acids is 1. The van der Waals surface area contributed by atoms with Gasteiger partial charge in [0.25, 0.3) is 0 Å². The van der Waals surface area contributed by atoms with Gasteiger partial charge in [0.05, 0.1) is 12.8 Å². The molecule has 0 saturated heterocycles. The molecule has 2 aromatic carbocycles. The van der Waals surface area contributed by atoms with Crippen LogP contribution in [0.25, 0.3) is 0 Å². The van der Waals surface area contributed by atoms with Crippen LogP contribution in [-0.4, -0.2) is 23.0 Å². The van der Waals surface area contributed by atoms with Crippen LogP contribution in [0.15, 0.2) is 42.5 Å². The van der Waals surface area contributed by atoms with E-state index in [1.54, 1.807) is 30.3 Å². The summed E-state index contributed by atoms with van der Waals surface area (Å²) in [6.07, 6.45) is -0.716. The van der Waals surface area contributed by atoms with E-state index in [4.69, 9.17) is 5.11 Å². The minimum atomic E-state index is -1.33. The summed E-state index contributed by atoms with van der Waals surface area (Å²) < 4.78 is 40.0. The van der Waals surface area contributed by atoms with Crippen LogP contribution in [0.5, 0.6) is 0 Å². The first-order valence-corrected chi connectivity index (χ1v) is 7.53. The average Bonchev–Trinajstić information content (AvgIpc) is 2.52. The Balaban J connectivity index is 2.09. The van der Waals surface area contributed by atoms with Crippen molar-refractivity contribution >= 4 is 11.9 Å². The van der Waals surface area contributed by atoms with Crippen molar-refractivity contribution in [2.45, 2.75) is 25.3 Å². The first kappa shape index (κ1) is 18.5. The topological polar surface area (TPSA) is 66.4 Å². The number of carbonyl (C=O) groups excluding carboxylic acids is 1. The lowest BCUT2D eigenvalue weighted by molar-refractivity contribution is -0.137. The molecule has 4 nitrogen and oxygen atoms in total. The number of carboxylic acids is 1. The normalized spacial score (nSPS) is 11.8. The van der Waals surface area contributed by atoms with Gasteiger partial charge in [-0.1, -0.05) is 30.3 Å². The molecule has 0 bridgehead atoms. The van der Waals surface area contributed by atoms with Crippen LogP contribution in [0, 0.1) is 17.5 Å². The monoisotopic (exact) mass is 351 g/mol. The lowest BCUT2D eigenvalue weighted by Crippen LogP contribution is -2.39. The fraction of sp³-hybridized carbons (Fsp3) is 0.222. The van der Waals surface area contributed by atoms with E-state index in [-0.39, 0.29) is 18.4 Å². The van der Waals surface area contributed by atoms with Gasteiger partial charge in [0, 0.05) is 12.1 Å². The summed E-state index contributed by atoms with van der Waals surface area (Å²) in [4.78, 5) is 23.0. The predicted molar refractivity (Wildman–Crippen MR) is 84.3 cm³/mol. The van der Waals surface area contributed by atoms with E-state index >= 15 is 0 Å². The minimum absolute atomic E-state index is 0.0250. The summed E-state index contributed by atoms with van der Waals surface area (Å²) in [5.41, 5.74) is 0.526. The third-order valence-corrected chi connectivity index (χ3v) is 3.55. The first-order chi connectivity index (χ1) is 11.8. The molecule has 1 amide bonds. The number of carbonyl (C=O) groups is 2. The molecule has 0 heterocycles. The summed E-state index contributed by atoms with van der Waals surface area (Å²) in [5, 5.41) is 11.5. The Morgan fingerprint density at radius 3 is 2.28 bits per heavy atom. The molecule has 132 valence electrons. The number of hydrogen-bond donors (Lipinski definition) is 2. The molecule has 0 aliphatic heterocycles. The van der Waals surface area contributed by atoms with Crippen molar-refractivity contribution < 1.29 is 27.9 Å². The maximum Gasteiger partial charge on any atom is 0.305 e. The van der Waals surface area contributed by atoms with Crippen LogP contribution in [0.4, 0.5) is 13.2 Å². The summed E-state index contributed by atoms with van der Waals surface area (Å²) in [6.45, 7) is 0. The second-order valence-corrected chi connectivity index (χ2v) is 5.59. The van der Waals surface area contributed by atoms with Crippen molar-refractivity contribution in [1.82, 2.24) is 5.32 Å². The van der Waals surface area contributed by atoms with Crippen molar-refractivity contribution in [3.8, 4) is 0 Å². The van der Waals surface area contributed by atoms with Crippen molar-refractivity contribution in [2.75, 3.05) is 0 Å². The molecule has 0 saturated carbocycles. The van der Waals surface area contributed by atoms with Crippen LogP contribution < -0.4 is 5.32 Å². The summed E-state index contributed by atoms with van der Waals surface area (Å²) in [5.74, 6) is -5.20.